The minimum atomic E-state index is 0. The Labute approximate surface area is 126 Å². The number of aromatic nitrogens is 1. The molecule has 1 aromatic carbocycles. The van der Waals surface area contributed by atoms with Gasteiger partial charge in [-0.1, -0.05) is 30.7 Å². The lowest BCUT2D eigenvalue weighted by molar-refractivity contribution is 0.145. The summed E-state index contributed by atoms with van der Waals surface area (Å²) in [5.74, 6) is 0. The molecule has 0 saturated carbocycles. The fourth-order valence-corrected chi connectivity index (χ4v) is 3.05. The van der Waals surface area contributed by atoms with Crippen molar-refractivity contribution in [2.45, 2.75) is 31.8 Å². The van der Waals surface area contributed by atoms with Crippen LogP contribution in [0.15, 0.2) is 36.5 Å². The predicted octanol–water partition coefficient (Wildman–Crippen LogP) is 2.97. The maximum absolute atomic E-state index is 5.90. The highest BCUT2D eigenvalue weighted by Gasteiger charge is 2.21. The van der Waals surface area contributed by atoms with Crippen molar-refractivity contribution in [3.8, 4) is 0 Å². The number of nitrogens with zero attached hydrogens (tertiary/aromatic N) is 2. The first kappa shape index (κ1) is 15.2. The van der Waals surface area contributed by atoms with Crippen LogP contribution in [0.5, 0.6) is 0 Å². The van der Waals surface area contributed by atoms with Crippen LogP contribution in [0.1, 0.15) is 24.8 Å². The van der Waals surface area contributed by atoms with Crippen LogP contribution >= 0.6 is 12.4 Å². The van der Waals surface area contributed by atoms with Crippen LogP contribution < -0.4 is 5.73 Å². The number of nitrogens with two attached hydrogens (primary N) is 1. The molecule has 0 radical (unpaired) electrons. The van der Waals surface area contributed by atoms with Crippen molar-refractivity contribution < 1.29 is 0 Å². The van der Waals surface area contributed by atoms with Gasteiger partial charge >= 0.3 is 0 Å². The van der Waals surface area contributed by atoms with Crippen molar-refractivity contribution >= 4 is 23.3 Å². The van der Waals surface area contributed by atoms with Gasteiger partial charge in [0.2, 0.25) is 0 Å². The molecule has 3 rings (SSSR count). The lowest BCUT2D eigenvalue weighted by Crippen LogP contribution is -2.43. The molecule has 1 aromatic heterocycles. The smallest absolute Gasteiger partial charge is 0.0746 e. The molecule has 1 aliphatic heterocycles. The maximum atomic E-state index is 5.90. The van der Waals surface area contributed by atoms with Gasteiger partial charge in [-0.25, -0.2) is 0 Å². The number of fused-ring (bicyclic) bond motifs is 1. The Morgan fingerprint density at radius 2 is 2.05 bits per heavy atom. The molecule has 1 atom stereocenters. The molecule has 2 aromatic rings. The van der Waals surface area contributed by atoms with Crippen molar-refractivity contribution in [1.82, 2.24) is 9.88 Å². The van der Waals surface area contributed by atoms with E-state index in [1.54, 1.807) is 0 Å². The molecule has 20 heavy (non-hydrogen) atoms. The molecule has 0 spiro atoms. The van der Waals surface area contributed by atoms with Crippen LogP contribution in [0.4, 0.5) is 0 Å². The molecule has 3 nitrogen and oxygen atoms in total. The Kier molecular flexibility index (Phi) is 5.35. The SMILES string of the molecule is Cl.NCC1CCCCN1Cc1cccc2cccnc12. The van der Waals surface area contributed by atoms with Crippen LogP contribution in [0.25, 0.3) is 10.9 Å². The molecular formula is C16H22ClN3. The van der Waals surface area contributed by atoms with Crippen molar-refractivity contribution in [2.75, 3.05) is 13.1 Å². The summed E-state index contributed by atoms with van der Waals surface area (Å²) < 4.78 is 0. The molecule has 2 N–H and O–H groups in total. The van der Waals surface area contributed by atoms with E-state index in [4.69, 9.17) is 5.73 Å². The highest BCUT2D eigenvalue weighted by Crippen LogP contribution is 2.22. The number of pyridine rings is 1. The van der Waals surface area contributed by atoms with Crippen LogP contribution in [0.3, 0.4) is 0 Å². The quantitative estimate of drug-likeness (QED) is 0.945. The van der Waals surface area contributed by atoms with Crippen molar-refractivity contribution in [3.05, 3.63) is 42.1 Å². The Balaban J connectivity index is 0.00000147. The number of piperidine rings is 1. The molecule has 0 aliphatic carbocycles. The largest absolute Gasteiger partial charge is 0.329 e. The molecule has 0 bridgehead atoms. The molecule has 4 heteroatoms. The van der Waals surface area contributed by atoms with Gasteiger partial charge in [-0.2, -0.15) is 0 Å². The number of rotatable bonds is 3. The summed E-state index contributed by atoms with van der Waals surface area (Å²) in [5.41, 5.74) is 8.35. The average molecular weight is 292 g/mol. The van der Waals surface area contributed by atoms with Gasteiger partial charge in [0.05, 0.1) is 5.52 Å². The van der Waals surface area contributed by atoms with Crippen molar-refractivity contribution in [3.63, 3.8) is 0 Å². The zero-order chi connectivity index (χ0) is 13.1. The summed E-state index contributed by atoms with van der Waals surface area (Å²) in [5, 5.41) is 1.22. The van der Waals surface area contributed by atoms with Gasteiger partial charge in [-0.05, 0) is 31.0 Å². The lowest BCUT2D eigenvalue weighted by Gasteiger charge is -2.35. The topological polar surface area (TPSA) is 42.1 Å². The third-order valence-electron chi connectivity index (χ3n) is 4.11. The Morgan fingerprint density at radius 3 is 2.90 bits per heavy atom. The van der Waals surface area contributed by atoms with E-state index >= 15 is 0 Å². The number of benzene rings is 1. The van der Waals surface area contributed by atoms with Gasteiger partial charge in [-0.3, -0.25) is 9.88 Å². The van der Waals surface area contributed by atoms with Gasteiger partial charge in [0.15, 0.2) is 0 Å². The minimum absolute atomic E-state index is 0. The summed E-state index contributed by atoms with van der Waals surface area (Å²) in [4.78, 5) is 7.06. The monoisotopic (exact) mass is 291 g/mol. The van der Waals surface area contributed by atoms with Crippen molar-refractivity contribution in [1.29, 1.82) is 0 Å². The predicted molar refractivity (Wildman–Crippen MR) is 86.1 cm³/mol. The van der Waals surface area contributed by atoms with Crippen LogP contribution in [-0.2, 0) is 6.54 Å². The van der Waals surface area contributed by atoms with E-state index in [1.807, 2.05) is 12.3 Å². The summed E-state index contributed by atoms with van der Waals surface area (Å²) in [6, 6.07) is 11.1. The van der Waals surface area contributed by atoms with E-state index in [-0.39, 0.29) is 12.4 Å². The maximum Gasteiger partial charge on any atom is 0.0746 e. The third kappa shape index (κ3) is 3.11. The molecule has 2 heterocycles. The molecule has 1 fully saturated rings. The third-order valence-corrected chi connectivity index (χ3v) is 4.11. The Bertz CT molecular complexity index is 553. The summed E-state index contributed by atoms with van der Waals surface area (Å²) in [6.45, 7) is 2.89. The molecule has 108 valence electrons. The minimum Gasteiger partial charge on any atom is -0.329 e. The normalized spacial score (nSPS) is 19.8. The highest BCUT2D eigenvalue weighted by atomic mass is 35.5. The average Bonchev–Trinajstić information content (AvgIpc) is 2.48. The first-order valence-electron chi connectivity index (χ1n) is 7.15. The van der Waals surface area contributed by atoms with Gasteiger partial charge in [-0.15, -0.1) is 12.4 Å². The van der Waals surface area contributed by atoms with Crippen molar-refractivity contribution in [2.24, 2.45) is 5.73 Å². The first-order chi connectivity index (χ1) is 9.38. The first-order valence-corrected chi connectivity index (χ1v) is 7.15. The fraction of sp³-hybridized carbons (Fsp3) is 0.438. The zero-order valence-electron chi connectivity index (χ0n) is 11.7. The van der Waals surface area contributed by atoms with Crippen LogP contribution in [0, 0.1) is 0 Å². The number of hydrogen-bond donors (Lipinski definition) is 1. The van der Waals surface area contributed by atoms with E-state index in [9.17, 15) is 0 Å². The summed E-state index contributed by atoms with van der Waals surface area (Å²) >= 11 is 0. The van der Waals surface area contributed by atoms with E-state index in [0.29, 0.717) is 6.04 Å². The number of halogens is 1. The standard InChI is InChI=1S/C16H21N3.ClH/c17-11-15-8-1-2-10-19(15)12-14-6-3-5-13-7-4-9-18-16(13)14;/h3-7,9,15H,1-2,8,10-12,17H2;1H. The number of hydrogen-bond acceptors (Lipinski definition) is 3. The molecule has 1 unspecified atom stereocenters. The number of para-hydroxylation sites is 1. The fourth-order valence-electron chi connectivity index (χ4n) is 3.05. The number of likely N-dealkylation sites (tertiary alicyclic amines) is 1. The second-order valence-corrected chi connectivity index (χ2v) is 5.35. The van der Waals surface area contributed by atoms with E-state index in [0.717, 1.165) is 25.2 Å². The highest BCUT2D eigenvalue weighted by molar-refractivity contribution is 5.85. The van der Waals surface area contributed by atoms with Gasteiger partial charge < -0.3 is 5.73 Å². The van der Waals surface area contributed by atoms with Crippen LogP contribution in [-0.4, -0.2) is 29.0 Å². The van der Waals surface area contributed by atoms with Gasteiger partial charge in [0.25, 0.3) is 0 Å². The van der Waals surface area contributed by atoms with Gasteiger partial charge in [0, 0.05) is 30.7 Å². The van der Waals surface area contributed by atoms with E-state index in [1.165, 1.54) is 30.2 Å². The van der Waals surface area contributed by atoms with E-state index < -0.39 is 0 Å². The zero-order valence-corrected chi connectivity index (χ0v) is 12.5. The molecule has 1 saturated heterocycles. The molecule has 1 aliphatic rings. The molecule has 0 amide bonds. The van der Waals surface area contributed by atoms with Crippen LogP contribution in [0.2, 0.25) is 0 Å². The lowest BCUT2D eigenvalue weighted by atomic mass is 10.0. The summed E-state index contributed by atoms with van der Waals surface area (Å²) in [6.07, 6.45) is 5.71. The van der Waals surface area contributed by atoms with Gasteiger partial charge in [0.1, 0.15) is 0 Å². The molecular weight excluding hydrogens is 270 g/mol. The second kappa shape index (κ2) is 7.02. The summed E-state index contributed by atoms with van der Waals surface area (Å²) in [7, 11) is 0. The Hall–Kier alpha value is -1.16. The van der Waals surface area contributed by atoms with E-state index in [2.05, 4.69) is 34.1 Å². The Morgan fingerprint density at radius 1 is 1.20 bits per heavy atom. The second-order valence-electron chi connectivity index (χ2n) is 5.35.